The molecule has 0 fully saturated rings. The highest BCUT2D eigenvalue weighted by atomic mass is 16.7. The third kappa shape index (κ3) is 3.22. The molecule has 1 aromatic carbocycles. The van der Waals surface area contributed by atoms with Crippen molar-refractivity contribution in [2.45, 2.75) is 26.2 Å². The van der Waals surface area contributed by atoms with Gasteiger partial charge < -0.3 is 14.2 Å². The Balaban J connectivity index is 2.90. The highest BCUT2D eigenvalue weighted by Gasteiger charge is 2.16. The fourth-order valence-corrected chi connectivity index (χ4v) is 1.36. The lowest BCUT2D eigenvalue weighted by atomic mass is 10.2. The van der Waals surface area contributed by atoms with E-state index in [0.29, 0.717) is 0 Å². The number of rotatable bonds is 5. The average Bonchev–Trinajstić information content (AvgIpc) is 2.25. The van der Waals surface area contributed by atoms with Crippen LogP contribution < -0.4 is 4.74 Å². The van der Waals surface area contributed by atoms with Gasteiger partial charge in [0.15, 0.2) is 6.29 Å². The van der Waals surface area contributed by atoms with Gasteiger partial charge in [-0.25, -0.2) is 0 Å². The largest absolute Gasteiger partial charge is 0.496 e. The van der Waals surface area contributed by atoms with Gasteiger partial charge in [-0.05, 0) is 19.9 Å². The van der Waals surface area contributed by atoms with Crippen molar-refractivity contribution in [2.75, 3.05) is 14.2 Å². The van der Waals surface area contributed by atoms with E-state index >= 15 is 0 Å². The summed E-state index contributed by atoms with van der Waals surface area (Å²) in [4.78, 5) is 0. The molecule has 0 aromatic heterocycles. The van der Waals surface area contributed by atoms with Crippen LogP contribution in [0.5, 0.6) is 5.75 Å². The van der Waals surface area contributed by atoms with Crippen molar-refractivity contribution in [1.82, 2.24) is 0 Å². The molecule has 1 aromatic rings. The summed E-state index contributed by atoms with van der Waals surface area (Å²) in [5.41, 5.74) is 0.913. The minimum Gasteiger partial charge on any atom is -0.496 e. The number of benzene rings is 1. The zero-order valence-electron chi connectivity index (χ0n) is 9.69. The molecule has 3 nitrogen and oxygen atoms in total. The summed E-state index contributed by atoms with van der Waals surface area (Å²) in [6.45, 7) is 3.95. The summed E-state index contributed by atoms with van der Waals surface area (Å²) in [6, 6.07) is 7.69. The van der Waals surface area contributed by atoms with Gasteiger partial charge in [0.25, 0.3) is 0 Å². The van der Waals surface area contributed by atoms with Gasteiger partial charge in [0.1, 0.15) is 5.75 Å². The molecule has 0 aliphatic heterocycles. The molecule has 84 valence electrons. The Morgan fingerprint density at radius 3 is 2.27 bits per heavy atom. The molecule has 0 amide bonds. The molecule has 0 saturated heterocycles. The highest BCUT2D eigenvalue weighted by Crippen LogP contribution is 2.28. The molecule has 0 unspecified atom stereocenters. The van der Waals surface area contributed by atoms with Crippen LogP contribution in [0.4, 0.5) is 0 Å². The van der Waals surface area contributed by atoms with E-state index in [9.17, 15) is 0 Å². The first-order valence-electron chi connectivity index (χ1n) is 5.00. The van der Waals surface area contributed by atoms with Gasteiger partial charge in [0, 0.05) is 12.7 Å². The van der Waals surface area contributed by atoms with E-state index in [1.807, 2.05) is 38.1 Å². The van der Waals surface area contributed by atoms with Crippen LogP contribution in [0.15, 0.2) is 24.3 Å². The second-order valence-corrected chi connectivity index (χ2v) is 3.49. The topological polar surface area (TPSA) is 27.7 Å². The number of hydrogen-bond donors (Lipinski definition) is 0. The van der Waals surface area contributed by atoms with Gasteiger partial charge in [-0.1, -0.05) is 18.2 Å². The molecular formula is C12H18O3. The van der Waals surface area contributed by atoms with Gasteiger partial charge >= 0.3 is 0 Å². The van der Waals surface area contributed by atoms with Crippen LogP contribution in [-0.4, -0.2) is 20.3 Å². The van der Waals surface area contributed by atoms with Gasteiger partial charge in [-0.3, -0.25) is 0 Å². The van der Waals surface area contributed by atoms with E-state index in [4.69, 9.17) is 14.2 Å². The summed E-state index contributed by atoms with van der Waals surface area (Å²) >= 11 is 0. The van der Waals surface area contributed by atoms with Crippen LogP contribution in [0.25, 0.3) is 0 Å². The molecule has 0 heterocycles. The number of ether oxygens (including phenoxy) is 3. The van der Waals surface area contributed by atoms with Crippen molar-refractivity contribution < 1.29 is 14.2 Å². The second kappa shape index (κ2) is 5.73. The molecule has 0 radical (unpaired) electrons. The van der Waals surface area contributed by atoms with E-state index in [1.165, 1.54) is 0 Å². The van der Waals surface area contributed by atoms with Gasteiger partial charge in [0.05, 0.1) is 13.2 Å². The van der Waals surface area contributed by atoms with Crippen molar-refractivity contribution in [3.05, 3.63) is 29.8 Å². The quantitative estimate of drug-likeness (QED) is 0.699. The number of para-hydroxylation sites is 1. The standard InChI is InChI=1S/C12H18O3/c1-9(2)15-12(14-4)10-7-5-6-8-11(10)13-3/h5-9,12H,1-4H3/t12-/m1/s1. The van der Waals surface area contributed by atoms with Crippen LogP contribution in [0.2, 0.25) is 0 Å². The van der Waals surface area contributed by atoms with Crippen molar-refractivity contribution in [3.63, 3.8) is 0 Å². The zero-order chi connectivity index (χ0) is 11.3. The SMILES string of the molecule is COc1ccccc1[C@H](OC)OC(C)C. The third-order valence-electron chi connectivity index (χ3n) is 2.00. The van der Waals surface area contributed by atoms with Crippen molar-refractivity contribution >= 4 is 0 Å². The van der Waals surface area contributed by atoms with Crippen LogP contribution in [0.3, 0.4) is 0 Å². The van der Waals surface area contributed by atoms with Gasteiger partial charge in [0.2, 0.25) is 0 Å². The Hall–Kier alpha value is -1.06. The van der Waals surface area contributed by atoms with Crippen LogP contribution in [0.1, 0.15) is 25.7 Å². The number of hydrogen-bond acceptors (Lipinski definition) is 3. The summed E-state index contributed by atoms with van der Waals surface area (Å²) in [7, 11) is 3.26. The van der Waals surface area contributed by atoms with E-state index < -0.39 is 0 Å². The molecule has 0 aliphatic carbocycles. The molecule has 0 bridgehead atoms. The maximum absolute atomic E-state index is 5.63. The lowest BCUT2D eigenvalue weighted by Gasteiger charge is -2.20. The van der Waals surface area contributed by atoms with Crippen LogP contribution >= 0.6 is 0 Å². The van der Waals surface area contributed by atoms with Gasteiger partial charge in [-0.2, -0.15) is 0 Å². The Bertz CT molecular complexity index is 297. The molecule has 1 atom stereocenters. The van der Waals surface area contributed by atoms with Crippen molar-refractivity contribution in [1.29, 1.82) is 0 Å². The maximum Gasteiger partial charge on any atom is 0.187 e. The maximum atomic E-state index is 5.63. The van der Waals surface area contributed by atoms with Crippen LogP contribution in [0, 0.1) is 0 Å². The zero-order valence-corrected chi connectivity index (χ0v) is 9.69. The first kappa shape index (κ1) is 12.0. The normalized spacial score (nSPS) is 12.9. The molecule has 3 heteroatoms. The third-order valence-corrected chi connectivity index (χ3v) is 2.00. The Morgan fingerprint density at radius 2 is 1.73 bits per heavy atom. The summed E-state index contributed by atoms with van der Waals surface area (Å²) < 4.78 is 16.2. The van der Waals surface area contributed by atoms with E-state index in [2.05, 4.69) is 0 Å². The van der Waals surface area contributed by atoms with Crippen LogP contribution in [-0.2, 0) is 9.47 Å². The van der Waals surface area contributed by atoms with E-state index in [0.717, 1.165) is 11.3 Å². The van der Waals surface area contributed by atoms with E-state index in [-0.39, 0.29) is 12.4 Å². The molecule has 0 N–H and O–H groups in total. The molecular weight excluding hydrogens is 192 g/mol. The molecule has 15 heavy (non-hydrogen) atoms. The fraction of sp³-hybridized carbons (Fsp3) is 0.500. The molecule has 0 spiro atoms. The minimum absolute atomic E-state index is 0.111. The summed E-state index contributed by atoms with van der Waals surface area (Å²) in [5, 5.41) is 0. The Morgan fingerprint density at radius 1 is 1.07 bits per heavy atom. The minimum atomic E-state index is -0.374. The lowest BCUT2D eigenvalue weighted by Crippen LogP contribution is -2.13. The first-order valence-corrected chi connectivity index (χ1v) is 5.00. The lowest BCUT2D eigenvalue weighted by molar-refractivity contribution is -0.151. The predicted octanol–water partition coefficient (Wildman–Crippen LogP) is 2.77. The average molecular weight is 210 g/mol. The second-order valence-electron chi connectivity index (χ2n) is 3.49. The highest BCUT2D eigenvalue weighted by molar-refractivity contribution is 5.34. The predicted molar refractivity (Wildman–Crippen MR) is 59.0 cm³/mol. The smallest absolute Gasteiger partial charge is 0.187 e. The van der Waals surface area contributed by atoms with Gasteiger partial charge in [-0.15, -0.1) is 0 Å². The van der Waals surface area contributed by atoms with Crippen molar-refractivity contribution in [3.8, 4) is 5.75 Å². The van der Waals surface area contributed by atoms with Crippen molar-refractivity contribution in [2.24, 2.45) is 0 Å². The fourth-order valence-electron chi connectivity index (χ4n) is 1.36. The number of methoxy groups -OCH3 is 2. The summed E-state index contributed by atoms with van der Waals surface area (Å²) in [6.07, 6.45) is -0.263. The molecule has 1 rings (SSSR count). The summed E-state index contributed by atoms with van der Waals surface area (Å²) in [5.74, 6) is 0.782. The molecule has 0 aliphatic rings. The Labute approximate surface area is 91.0 Å². The molecule has 0 saturated carbocycles. The monoisotopic (exact) mass is 210 g/mol. The Kier molecular flexibility index (Phi) is 4.59. The van der Waals surface area contributed by atoms with E-state index in [1.54, 1.807) is 14.2 Å². The first-order chi connectivity index (χ1) is 7.19.